The van der Waals surface area contributed by atoms with Crippen LogP contribution < -0.4 is 0 Å². The summed E-state index contributed by atoms with van der Waals surface area (Å²) in [5, 5.41) is 13.1. The summed E-state index contributed by atoms with van der Waals surface area (Å²) in [5.74, 6) is -0.901. The number of likely N-dealkylation sites (N-methyl/N-ethyl adjacent to an activating group) is 1. The summed E-state index contributed by atoms with van der Waals surface area (Å²) in [6, 6.07) is 1.77. The molecule has 2 rings (SSSR count). The van der Waals surface area contributed by atoms with E-state index in [1.807, 2.05) is 0 Å². The molecule has 0 radical (unpaired) electrons. The Morgan fingerprint density at radius 2 is 2.53 bits per heavy atom. The highest BCUT2D eigenvalue weighted by Gasteiger charge is 2.26. The minimum atomic E-state index is -0.901. The fraction of sp³-hybridized carbons (Fsp3) is 0.600. The number of carbonyl (C=O) groups is 1. The first-order valence-corrected chi connectivity index (χ1v) is 5.21. The maximum atomic E-state index is 10.9. The van der Waals surface area contributed by atoms with E-state index < -0.39 is 5.97 Å². The van der Waals surface area contributed by atoms with Crippen LogP contribution in [-0.2, 0) is 0 Å². The van der Waals surface area contributed by atoms with Gasteiger partial charge in [0.25, 0.3) is 0 Å². The Labute approximate surface area is 88.3 Å². The van der Waals surface area contributed by atoms with Gasteiger partial charge in [0.05, 0.1) is 6.04 Å². The predicted molar refractivity (Wildman–Crippen MR) is 55.0 cm³/mol. The number of carboxylic acids is 1. The standard InChI is InChI=1S/C10H15N3O2/c1-2-12-6-4-8(7-12)13-9(10(14)15)3-5-11-13/h3,5,8H,2,4,6-7H2,1H3,(H,14,15). The maximum Gasteiger partial charge on any atom is 0.354 e. The van der Waals surface area contributed by atoms with Crippen molar-refractivity contribution in [2.75, 3.05) is 19.6 Å². The van der Waals surface area contributed by atoms with Crippen LogP contribution in [0.1, 0.15) is 29.9 Å². The smallest absolute Gasteiger partial charge is 0.354 e. The van der Waals surface area contributed by atoms with Gasteiger partial charge in [0.1, 0.15) is 5.69 Å². The van der Waals surface area contributed by atoms with E-state index in [1.54, 1.807) is 16.9 Å². The zero-order valence-corrected chi connectivity index (χ0v) is 8.76. The molecule has 0 aromatic carbocycles. The molecule has 1 aliphatic heterocycles. The van der Waals surface area contributed by atoms with E-state index in [-0.39, 0.29) is 11.7 Å². The molecular weight excluding hydrogens is 194 g/mol. The molecule has 1 atom stereocenters. The van der Waals surface area contributed by atoms with Crippen LogP contribution in [0.3, 0.4) is 0 Å². The lowest BCUT2D eigenvalue weighted by molar-refractivity contribution is 0.0680. The Morgan fingerprint density at radius 3 is 3.13 bits per heavy atom. The number of nitrogens with zero attached hydrogens (tertiary/aromatic N) is 3. The Balaban J connectivity index is 2.16. The molecule has 82 valence electrons. The van der Waals surface area contributed by atoms with Crippen molar-refractivity contribution in [2.45, 2.75) is 19.4 Å². The summed E-state index contributed by atoms with van der Waals surface area (Å²) in [4.78, 5) is 13.2. The third kappa shape index (κ3) is 1.87. The van der Waals surface area contributed by atoms with Gasteiger partial charge in [-0.3, -0.25) is 4.68 Å². The monoisotopic (exact) mass is 209 g/mol. The van der Waals surface area contributed by atoms with Crippen molar-refractivity contribution in [1.82, 2.24) is 14.7 Å². The summed E-state index contributed by atoms with van der Waals surface area (Å²) < 4.78 is 1.64. The number of likely N-dealkylation sites (tertiary alicyclic amines) is 1. The summed E-state index contributed by atoms with van der Waals surface area (Å²) in [6.07, 6.45) is 2.54. The van der Waals surface area contributed by atoms with Crippen LogP contribution in [0.5, 0.6) is 0 Å². The van der Waals surface area contributed by atoms with Gasteiger partial charge in [-0.05, 0) is 19.0 Å². The van der Waals surface area contributed by atoms with Crippen LogP contribution in [0.15, 0.2) is 12.3 Å². The van der Waals surface area contributed by atoms with Gasteiger partial charge < -0.3 is 10.0 Å². The quantitative estimate of drug-likeness (QED) is 0.801. The number of hydrogen-bond acceptors (Lipinski definition) is 3. The van der Waals surface area contributed by atoms with E-state index in [9.17, 15) is 4.79 Å². The van der Waals surface area contributed by atoms with Gasteiger partial charge in [-0.2, -0.15) is 5.10 Å². The van der Waals surface area contributed by atoms with Gasteiger partial charge in [-0.25, -0.2) is 4.79 Å². The molecule has 0 saturated carbocycles. The van der Waals surface area contributed by atoms with Crippen molar-refractivity contribution in [3.63, 3.8) is 0 Å². The molecule has 1 aromatic heterocycles. The zero-order valence-electron chi connectivity index (χ0n) is 8.76. The second-order valence-corrected chi connectivity index (χ2v) is 3.80. The Kier molecular flexibility index (Phi) is 2.73. The summed E-state index contributed by atoms with van der Waals surface area (Å²) >= 11 is 0. The molecule has 1 fully saturated rings. The first-order valence-electron chi connectivity index (χ1n) is 5.21. The van der Waals surface area contributed by atoms with Gasteiger partial charge in [0.2, 0.25) is 0 Å². The third-order valence-electron chi connectivity index (χ3n) is 2.93. The van der Waals surface area contributed by atoms with Crippen molar-refractivity contribution in [2.24, 2.45) is 0 Å². The van der Waals surface area contributed by atoms with Gasteiger partial charge >= 0.3 is 5.97 Å². The number of carboxylic acid groups (broad SMARTS) is 1. The molecule has 1 saturated heterocycles. The SMILES string of the molecule is CCN1CCC(n2nccc2C(=O)O)C1. The van der Waals surface area contributed by atoms with Crippen molar-refractivity contribution in [1.29, 1.82) is 0 Å². The molecule has 0 bridgehead atoms. The second kappa shape index (κ2) is 4.02. The lowest BCUT2D eigenvalue weighted by atomic mass is 10.2. The number of aromatic nitrogens is 2. The number of hydrogen-bond donors (Lipinski definition) is 1. The molecule has 1 N–H and O–H groups in total. The average molecular weight is 209 g/mol. The first-order chi connectivity index (χ1) is 7.22. The molecule has 1 aliphatic rings. The molecule has 15 heavy (non-hydrogen) atoms. The van der Waals surface area contributed by atoms with E-state index >= 15 is 0 Å². The topological polar surface area (TPSA) is 58.4 Å². The van der Waals surface area contributed by atoms with Crippen molar-refractivity contribution >= 4 is 5.97 Å². The highest BCUT2D eigenvalue weighted by Crippen LogP contribution is 2.21. The minimum absolute atomic E-state index is 0.214. The fourth-order valence-electron chi connectivity index (χ4n) is 2.07. The molecule has 0 aliphatic carbocycles. The van der Waals surface area contributed by atoms with Crippen molar-refractivity contribution in [3.8, 4) is 0 Å². The number of rotatable bonds is 3. The Morgan fingerprint density at radius 1 is 1.73 bits per heavy atom. The molecule has 5 heteroatoms. The van der Waals surface area contributed by atoms with Crippen LogP contribution in [0.4, 0.5) is 0 Å². The highest BCUT2D eigenvalue weighted by atomic mass is 16.4. The van der Waals surface area contributed by atoms with E-state index in [0.717, 1.165) is 26.1 Å². The van der Waals surface area contributed by atoms with Crippen LogP contribution in [-0.4, -0.2) is 45.4 Å². The largest absolute Gasteiger partial charge is 0.477 e. The van der Waals surface area contributed by atoms with Crippen molar-refractivity contribution < 1.29 is 9.90 Å². The van der Waals surface area contributed by atoms with E-state index in [2.05, 4.69) is 16.9 Å². The molecule has 0 spiro atoms. The van der Waals surface area contributed by atoms with Crippen LogP contribution >= 0.6 is 0 Å². The third-order valence-corrected chi connectivity index (χ3v) is 2.93. The first kappa shape index (κ1) is 10.2. The molecule has 1 aromatic rings. The predicted octanol–water partition coefficient (Wildman–Crippen LogP) is 0.848. The summed E-state index contributed by atoms with van der Waals surface area (Å²) in [6.45, 7) is 5.06. The second-order valence-electron chi connectivity index (χ2n) is 3.80. The number of aromatic carboxylic acids is 1. The average Bonchev–Trinajstić information content (AvgIpc) is 2.85. The molecule has 5 nitrogen and oxygen atoms in total. The van der Waals surface area contributed by atoms with Crippen LogP contribution in [0, 0.1) is 0 Å². The van der Waals surface area contributed by atoms with E-state index in [0.29, 0.717) is 0 Å². The van der Waals surface area contributed by atoms with Gasteiger partial charge in [-0.1, -0.05) is 6.92 Å². The minimum Gasteiger partial charge on any atom is -0.477 e. The molecule has 1 unspecified atom stereocenters. The summed E-state index contributed by atoms with van der Waals surface area (Å²) in [5.41, 5.74) is 0.290. The van der Waals surface area contributed by atoms with Gasteiger partial charge in [0, 0.05) is 19.3 Å². The normalized spacial score (nSPS) is 22.1. The molecule has 0 amide bonds. The van der Waals surface area contributed by atoms with Crippen LogP contribution in [0.25, 0.3) is 0 Å². The highest BCUT2D eigenvalue weighted by molar-refractivity contribution is 5.85. The van der Waals surface area contributed by atoms with E-state index in [4.69, 9.17) is 5.11 Å². The fourth-order valence-corrected chi connectivity index (χ4v) is 2.07. The molecule has 2 heterocycles. The van der Waals surface area contributed by atoms with Gasteiger partial charge in [0.15, 0.2) is 0 Å². The lowest BCUT2D eigenvalue weighted by Gasteiger charge is -2.14. The van der Waals surface area contributed by atoms with Gasteiger partial charge in [-0.15, -0.1) is 0 Å². The van der Waals surface area contributed by atoms with E-state index in [1.165, 1.54) is 0 Å². The summed E-state index contributed by atoms with van der Waals surface area (Å²) in [7, 11) is 0. The van der Waals surface area contributed by atoms with Crippen molar-refractivity contribution in [3.05, 3.63) is 18.0 Å². The zero-order chi connectivity index (χ0) is 10.8. The maximum absolute atomic E-state index is 10.9. The molecular formula is C10H15N3O2. The Hall–Kier alpha value is -1.36. The van der Waals surface area contributed by atoms with Crippen LogP contribution in [0.2, 0.25) is 0 Å². The Bertz CT molecular complexity index is 361. The lowest BCUT2D eigenvalue weighted by Crippen LogP contribution is -2.23.